The van der Waals surface area contributed by atoms with E-state index in [1.165, 1.54) is 0 Å². The molecule has 0 atom stereocenters. The van der Waals surface area contributed by atoms with Crippen molar-refractivity contribution in [2.24, 2.45) is 0 Å². The molecule has 1 amide bonds. The third-order valence-corrected chi connectivity index (χ3v) is 5.59. The SMILES string of the molecule is CCn1c(=O)cc(C(C)C)c2cc(C(=O)N(C)c3ccc(Cl)c(C)c3)ccc21. The average molecular weight is 397 g/mol. The number of hydrogen-bond donors (Lipinski definition) is 0. The lowest BCUT2D eigenvalue weighted by molar-refractivity contribution is 0.0993. The molecule has 0 N–H and O–H groups in total. The second-order valence-electron chi connectivity index (χ2n) is 7.37. The van der Waals surface area contributed by atoms with Gasteiger partial charge in [-0.1, -0.05) is 25.4 Å². The molecule has 0 aliphatic carbocycles. The van der Waals surface area contributed by atoms with E-state index in [2.05, 4.69) is 13.8 Å². The number of aryl methyl sites for hydroxylation is 2. The summed E-state index contributed by atoms with van der Waals surface area (Å²) in [5.74, 6) is 0.0799. The second-order valence-corrected chi connectivity index (χ2v) is 7.77. The zero-order valence-corrected chi connectivity index (χ0v) is 17.7. The van der Waals surface area contributed by atoms with Gasteiger partial charge in [0, 0.05) is 41.3 Å². The van der Waals surface area contributed by atoms with Gasteiger partial charge in [-0.05, 0) is 67.3 Å². The first kappa shape index (κ1) is 20.2. The number of aromatic nitrogens is 1. The lowest BCUT2D eigenvalue weighted by Crippen LogP contribution is -2.26. The maximum Gasteiger partial charge on any atom is 0.258 e. The molecule has 5 heteroatoms. The summed E-state index contributed by atoms with van der Waals surface area (Å²) in [7, 11) is 1.76. The van der Waals surface area contributed by atoms with Crippen LogP contribution in [-0.4, -0.2) is 17.5 Å². The molecular weight excluding hydrogens is 372 g/mol. The van der Waals surface area contributed by atoms with E-state index in [9.17, 15) is 9.59 Å². The Morgan fingerprint density at radius 3 is 2.46 bits per heavy atom. The number of pyridine rings is 1. The number of rotatable bonds is 4. The lowest BCUT2D eigenvalue weighted by Gasteiger charge is -2.20. The highest BCUT2D eigenvalue weighted by molar-refractivity contribution is 6.31. The van der Waals surface area contributed by atoms with Crippen LogP contribution in [0.15, 0.2) is 47.3 Å². The molecule has 0 aliphatic heterocycles. The molecule has 0 radical (unpaired) electrons. The first-order valence-corrected chi connectivity index (χ1v) is 9.84. The van der Waals surface area contributed by atoms with Crippen molar-refractivity contribution in [3.8, 4) is 0 Å². The Bertz CT molecular complexity index is 1120. The minimum atomic E-state index is -0.104. The molecule has 3 rings (SSSR count). The fraction of sp³-hybridized carbons (Fsp3) is 0.304. The zero-order valence-electron chi connectivity index (χ0n) is 16.9. The van der Waals surface area contributed by atoms with Gasteiger partial charge in [0.2, 0.25) is 0 Å². The van der Waals surface area contributed by atoms with Crippen LogP contribution in [0.3, 0.4) is 0 Å². The standard InChI is InChI=1S/C23H25ClN2O2/c1-6-26-21-10-7-16(12-19(21)18(14(2)3)13-22(26)27)23(28)25(5)17-8-9-20(24)15(4)11-17/h7-14H,6H2,1-5H3. The van der Waals surface area contributed by atoms with Crippen LogP contribution in [0.4, 0.5) is 5.69 Å². The van der Waals surface area contributed by atoms with E-state index >= 15 is 0 Å². The second kappa shape index (κ2) is 7.80. The van der Waals surface area contributed by atoms with Gasteiger partial charge in [0.05, 0.1) is 5.52 Å². The molecule has 146 valence electrons. The summed E-state index contributed by atoms with van der Waals surface area (Å²) in [6.07, 6.45) is 0. The van der Waals surface area contributed by atoms with Crippen molar-refractivity contribution in [3.63, 3.8) is 0 Å². The van der Waals surface area contributed by atoms with Crippen LogP contribution < -0.4 is 10.5 Å². The van der Waals surface area contributed by atoms with E-state index in [-0.39, 0.29) is 17.4 Å². The number of carbonyl (C=O) groups is 1. The highest BCUT2D eigenvalue weighted by atomic mass is 35.5. The van der Waals surface area contributed by atoms with E-state index in [1.807, 2.05) is 38.1 Å². The molecule has 0 saturated heterocycles. The minimum absolute atomic E-state index is 0.00784. The summed E-state index contributed by atoms with van der Waals surface area (Å²) in [6, 6.07) is 12.8. The smallest absolute Gasteiger partial charge is 0.258 e. The van der Waals surface area contributed by atoms with Gasteiger partial charge >= 0.3 is 0 Å². The first-order valence-electron chi connectivity index (χ1n) is 9.46. The van der Waals surface area contributed by atoms with Crippen LogP contribution in [0, 0.1) is 6.92 Å². The Kier molecular flexibility index (Phi) is 5.61. The Morgan fingerprint density at radius 1 is 1.14 bits per heavy atom. The third kappa shape index (κ3) is 3.57. The zero-order chi connectivity index (χ0) is 20.6. The van der Waals surface area contributed by atoms with Gasteiger partial charge in [-0.25, -0.2) is 0 Å². The molecule has 4 nitrogen and oxygen atoms in total. The van der Waals surface area contributed by atoms with Gasteiger partial charge in [0.15, 0.2) is 0 Å². The Labute approximate surface area is 170 Å². The summed E-state index contributed by atoms with van der Waals surface area (Å²) in [5, 5.41) is 1.62. The fourth-order valence-electron chi connectivity index (χ4n) is 3.50. The van der Waals surface area contributed by atoms with E-state index in [0.717, 1.165) is 27.7 Å². The van der Waals surface area contributed by atoms with Crippen LogP contribution in [0.5, 0.6) is 0 Å². The summed E-state index contributed by atoms with van der Waals surface area (Å²) in [4.78, 5) is 27.2. The van der Waals surface area contributed by atoms with Crippen LogP contribution in [0.25, 0.3) is 10.9 Å². The largest absolute Gasteiger partial charge is 0.311 e. The predicted octanol–water partition coefficient (Wildman–Crippen LogP) is 5.38. The fourth-order valence-corrected chi connectivity index (χ4v) is 3.61. The molecular formula is C23H25ClN2O2. The van der Waals surface area contributed by atoms with Crippen LogP contribution in [-0.2, 0) is 6.54 Å². The van der Waals surface area contributed by atoms with Crippen molar-refractivity contribution in [2.75, 3.05) is 11.9 Å². The van der Waals surface area contributed by atoms with E-state index < -0.39 is 0 Å². The average Bonchev–Trinajstić information content (AvgIpc) is 2.67. The first-order chi connectivity index (χ1) is 13.2. The molecule has 0 bridgehead atoms. The lowest BCUT2D eigenvalue weighted by atomic mass is 9.97. The van der Waals surface area contributed by atoms with Crippen molar-refractivity contribution in [2.45, 2.75) is 40.2 Å². The predicted molar refractivity (Wildman–Crippen MR) is 117 cm³/mol. The summed E-state index contributed by atoms with van der Waals surface area (Å²) in [6.45, 7) is 8.57. The molecule has 0 spiro atoms. The van der Waals surface area contributed by atoms with Gasteiger partial charge in [-0.2, -0.15) is 0 Å². The summed E-state index contributed by atoms with van der Waals surface area (Å²) >= 11 is 6.10. The summed E-state index contributed by atoms with van der Waals surface area (Å²) in [5.41, 5.74) is 4.11. The number of hydrogen-bond acceptors (Lipinski definition) is 2. The van der Waals surface area contributed by atoms with Crippen molar-refractivity contribution in [1.29, 1.82) is 0 Å². The molecule has 0 unspecified atom stereocenters. The van der Waals surface area contributed by atoms with Crippen LogP contribution >= 0.6 is 11.6 Å². The molecule has 28 heavy (non-hydrogen) atoms. The highest BCUT2D eigenvalue weighted by Gasteiger charge is 2.17. The van der Waals surface area contributed by atoms with Crippen molar-refractivity contribution in [3.05, 3.63) is 74.5 Å². The van der Waals surface area contributed by atoms with Crippen molar-refractivity contribution in [1.82, 2.24) is 4.57 Å². The minimum Gasteiger partial charge on any atom is -0.311 e. The Morgan fingerprint density at radius 2 is 1.86 bits per heavy atom. The van der Waals surface area contributed by atoms with Gasteiger partial charge in [-0.15, -0.1) is 0 Å². The highest BCUT2D eigenvalue weighted by Crippen LogP contribution is 2.27. The molecule has 1 heterocycles. The monoisotopic (exact) mass is 396 g/mol. The molecule has 0 saturated carbocycles. The Hall–Kier alpha value is -2.59. The van der Waals surface area contributed by atoms with Gasteiger partial charge in [0.1, 0.15) is 0 Å². The van der Waals surface area contributed by atoms with E-state index in [4.69, 9.17) is 11.6 Å². The van der Waals surface area contributed by atoms with Gasteiger partial charge < -0.3 is 9.47 Å². The molecule has 0 aliphatic rings. The number of nitrogens with zero attached hydrogens (tertiary/aromatic N) is 2. The number of amides is 1. The van der Waals surface area contributed by atoms with E-state index in [0.29, 0.717) is 17.1 Å². The number of fused-ring (bicyclic) bond motifs is 1. The molecule has 2 aromatic carbocycles. The normalized spacial score (nSPS) is 11.2. The number of benzene rings is 2. The quantitative estimate of drug-likeness (QED) is 0.593. The van der Waals surface area contributed by atoms with E-state index in [1.54, 1.807) is 34.7 Å². The van der Waals surface area contributed by atoms with Gasteiger partial charge in [0.25, 0.3) is 11.5 Å². The van der Waals surface area contributed by atoms with Crippen molar-refractivity contribution >= 4 is 34.1 Å². The van der Waals surface area contributed by atoms with Crippen LogP contribution in [0.2, 0.25) is 5.02 Å². The third-order valence-electron chi connectivity index (χ3n) is 5.16. The van der Waals surface area contributed by atoms with Gasteiger partial charge in [-0.3, -0.25) is 9.59 Å². The molecule has 1 aromatic heterocycles. The molecule has 0 fully saturated rings. The van der Waals surface area contributed by atoms with Crippen molar-refractivity contribution < 1.29 is 4.79 Å². The van der Waals surface area contributed by atoms with Crippen LogP contribution in [0.1, 0.15) is 48.2 Å². The maximum atomic E-state index is 13.1. The Balaban J connectivity index is 2.11. The number of anilines is 1. The maximum absolute atomic E-state index is 13.1. The number of halogens is 1. The topological polar surface area (TPSA) is 42.3 Å². The molecule has 3 aromatic rings. The number of carbonyl (C=O) groups excluding carboxylic acids is 1. The summed E-state index contributed by atoms with van der Waals surface area (Å²) < 4.78 is 1.74.